The number of cyclic esters (lactones) is 1. The molecule has 0 bridgehead atoms. The Hall–Kier alpha value is -1.20. The molecule has 4 aliphatic carbocycles. The number of aliphatic hydroxyl groups is 2. The van der Waals surface area contributed by atoms with Crippen LogP contribution in [-0.4, -0.2) is 40.3 Å². The van der Waals surface area contributed by atoms with Crippen LogP contribution in [0, 0.1) is 34.5 Å². The van der Waals surface area contributed by atoms with Crippen LogP contribution in [0.15, 0.2) is 11.6 Å². The maximum atomic E-state index is 13.6. The number of Topliss-reactive ketones (excluding diaryl/α,β-unsaturated/α-hetero) is 1. The van der Waals surface area contributed by atoms with Gasteiger partial charge in [-0.1, -0.05) is 13.8 Å². The van der Waals surface area contributed by atoms with Crippen LogP contribution in [-0.2, 0) is 14.3 Å². The average molecular weight is 389 g/mol. The van der Waals surface area contributed by atoms with Crippen molar-refractivity contribution in [3.63, 3.8) is 0 Å². The zero-order valence-corrected chi connectivity index (χ0v) is 16.9. The minimum atomic E-state index is -0.868. The van der Waals surface area contributed by atoms with Crippen molar-refractivity contribution in [1.29, 1.82) is 0 Å². The van der Waals surface area contributed by atoms with E-state index in [9.17, 15) is 19.8 Å². The summed E-state index contributed by atoms with van der Waals surface area (Å²) in [6, 6.07) is 0. The summed E-state index contributed by atoms with van der Waals surface area (Å²) in [6.45, 7) is 4.61. The number of ketones is 1. The van der Waals surface area contributed by atoms with E-state index in [4.69, 9.17) is 4.74 Å². The monoisotopic (exact) mass is 388 g/mol. The molecule has 0 saturated heterocycles. The van der Waals surface area contributed by atoms with Crippen molar-refractivity contribution in [2.45, 2.75) is 76.9 Å². The maximum Gasteiger partial charge on any atom is 0.331 e. The summed E-state index contributed by atoms with van der Waals surface area (Å²) in [5.41, 5.74) is -0.551. The summed E-state index contributed by atoms with van der Waals surface area (Å²) in [5.74, 6) is 0.272. The molecule has 5 nitrogen and oxygen atoms in total. The van der Waals surface area contributed by atoms with Gasteiger partial charge in [0.15, 0.2) is 0 Å². The highest BCUT2D eigenvalue weighted by molar-refractivity contribution is 5.86. The summed E-state index contributed by atoms with van der Waals surface area (Å²) in [6.07, 6.45) is 7.48. The molecule has 0 aromatic heterocycles. The Kier molecular flexibility index (Phi) is 3.97. The second kappa shape index (κ2) is 5.91. The van der Waals surface area contributed by atoms with Gasteiger partial charge in [-0.3, -0.25) is 4.79 Å². The summed E-state index contributed by atoms with van der Waals surface area (Å²) < 4.78 is 5.14. The zero-order chi connectivity index (χ0) is 19.9. The van der Waals surface area contributed by atoms with Gasteiger partial charge in [0, 0.05) is 23.8 Å². The number of ether oxygens (including phenoxy) is 1. The molecule has 2 N–H and O–H groups in total. The maximum absolute atomic E-state index is 13.6. The first-order chi connectivity index (χ1) is 13.2. The third-order valence-corrected chi connectivity index (χ3v) is 9.65. The molecule has 4 saturated carbocycles. The van der Waals surface area contributed by atoms with E-state index in [1.807, 2.05) is 0 Å². The third-order valence-electron chi connectivity index (χ3n) is 9.65. The third kappa shape index (κ3) is 2.26. The van der Waals surface area contributed by atoms with Crippen LogP contribution in [0.25, 0.3) is 0 Å². The molecule has 0 aromatic carbocycles. The normalized spacial score (nSPS) is 53.1. The van der Waals surface area contributed by atoms with Crippen LogP contribution in [0.1, 0.15) is 65.2 Å². The molecule has 1 heterocycles. The standard InChI is InChI=1S/C23H32O5/c1-21-7-5-15(24)10-14(21)3-4-17-20(21)18(25)11-22(2)16(6-8-23(17,22)27)13-9-19(26)28-12-13/h9,14-17,20,24,27H,3-8,10-12H2,1-2H3/t14-,15+,16+,17+,20+,21-,22+,23+/m0/s1. The van der Waals surface area contributed by atoms with E-state index < -0.39 is 11.0 Å². The van der Waals surface area contributed by atoms with Gasteiger partial charge in [0.25, 0.3) is 0 Å². The molecule has 28 heavy (non-hydrogen) atoms. The number of fused-ring (bicyclic) bond motifs is 5. The summed E-state index contributed by atoms with van der Waals surface area (Å²) in [5, 5.41) is 22.2. The van der Waals surface area contributed by atoms with Crippen LogP contribution in [0.2, 0.25) is 0 Å². The Morgan fingerprint density at radius 1 is 1.11 bits per heavy atom. The molecule has 5 heteroatoms. The number of esters is 1. The molecule has 5 rings (SSSR count). The van der Waals surface area contributed by atoms with Crippen molar-refractivity contribution >= 4 is 11.8 Å². The second-order valence-electron chi connectivity index (χ2n) is 10.7. The van der Waals surface area contributed by atoms with Crippen molar-refractivity contribution in [2.24, 2.45) is 34.5 Å². The quantitative estimate of drug-likeness (QED) is 0.675. The van der Waals surface area contributed by atoms with Gasteiger partial charge in [0.1, 0.15) is 12.4 Å². The molecule has 4 fully saturated rings. The lowest BCUT2D eigenvalue weighted by Gasteiger charge is -2.62. The zero-order valence-electron chi connectivity index (χ0n) is 16.9. The highest BCUT2D eigenvalue weighted by Gasteiger charge is 2.70. The minimum Gasteiger partial charge on any atom is -0.458 e. The van der Waals surface area contributed by atoms with Gasteiger partial charge in [-0.25, -0.2) is 4.79 Å². The Labute approximate surface area is 166 Å². The fraction of sp³-hybridized carbons (Fsp3) is 0.826. The number of rotatable bonds is 1. The van der Waals surface area contributed by atoms with E-state index in [2.05, 4.69) is 13.8 Å². The first-order valence-electron chi connectivity index (χ1n) is 11.0. The molecular formula is C23H32O5. The average Bonchev–Trinajstić information content (AvgIpc) is 3.16. The molecule has 8 atom stereocenters. The van der Waals surface area contributed by atoms with E-state index in [1.54, 1.807) is 6.08 Å². The van der Waals surface area contributed by atoms with Gasteiger partial charge in [0.2, 0.25) is 0 Å². The van der Waals surface area contributed by atoms with Gasteiger partial charge < -0.3 is 14.9 Å². The van der Waals surface area contributed by atoms with Crippen LogP contribution < -0.4 is 0 Å². The Morgan fingerprint density at radius 3 is 2.61 bits per heavy atom. The van der Waals surface area contributed by atoms with Gasteiger partial charge in [-0.2, -0.15) is 0 Å². The Bertz CT molecular complexity index is 758. The Balaban J connectivity index is 1.52. The van der Waals surface area contributed by atoms with E-state index >= 15 is 0 Å². The molecule has 154 valence electrons. The molecule has 0 amide bonds. The predicted octanol–water partition coefficient (Wildman–Crippen LogP) is 2.78. The first-order valence-corrected chi connectivity index (χ1v) is 11.0. The van der Waals surface area contributed by atoms with Crippen LogP contribution in [0.4, 0.5) is 0 Å². The minimum absolute atomic E-state index is 0.0149. The van der Waals surface area contributed by atoms with Crippen molar-refractivity contribution in [3.8, 4) is 0 Å². The van der Waals surface area contributed by atoms with Crippen LogP contribution >= 0.6 is 0 Å². The fourth-order valence-corrected chi connectivity index (χ4v) is 8.18. The van der Waals surface area contributed by atoms with E-state index in [0.29, 0.717) is 31.1 Å². The molecule has 1 aliphatic heterocycles. The van der Waals surface area contributed by atoms with Gasteiger partial charge >= 0.3 is 5.97 Å². The molecule has 5 aliphatic rings. The molecule has 0 aromatic rings. The molecule has 0 radical (unpaired) electrons. The lowest BCUT2D eigenvalue weighted by atomic mass is 9.43. The topological polar surface area (TPSA) is 83.8 Å². The van der Waals surface area contributed by atoms with Crippen LogP contribution in [0.5, 0.6) is 0 Å². The smallest absolute Gasteiger partial charge is 0.331 e. The van der Waals surface area contributed by atoms with Crippen LogP contribution in [0.3, 0.4) is 0 Å². The van der Waals surface area contributed by atoms with Crippen molar-refractivity contribution in [2.75, 3.05) is 6.61 Å². The van der Waals surface area contributed by atoms with E-state index in [0.717, 1.165) is 44.1 Å². The SMILES string of the molecule is C[C@]12CC[C@@H](O)C[C@@H]1CC[C@@H]1[C@@H]2C(=O)C[C@]2(C)[C@@H](C3=CC(=O)OC3)CC[C@@]12O. The summed E-state index contributed by atoms with van der Waals surface area (Å²) in [7, 11) is 0. The number of aliphatic hydroxyl groups excluding tert-OH is 1. The van der Waals surface area contributed by atoms with Gasteiger partial charge in [0.05, 0.1) is 11.7 Å². The number of hydrogen-bond donors (Lipinski definition) is 2. The second-order valence-corrected chi connectivity index (χ2v) is 10.7. The molecule has 0 unspecified atom stereocenters. The lowest BCUT2D eigenvalue weighted by molar-refractivity contribution is -0.206. The molecule has 0 spiro atoms. The van der Waals surface area contributed by atoms with Crippen molar-refractivity contribution < 1.29 is 24.5 Å². The van der Waals surface area contributed by atoms with Gasteiger partial charge in [-0.15, -0.1) is 0 Å². The first kappa shape index (κ1) is 18.8. The molecular weight excluding hydrogens is 356 g/mol. The predicted molar refractivity (Wildman–Crippen MR) is 102 cm³/mol. The highest BCUT2D eigenvalue weighted by Crippen LogP contribution is 2.68. The largest absolute Gasteiger partial charge is 0.458 e. The highest BCUT2D eigenvalue weighted by atomic mass is 16.5. The fourth-order valence-electron chi connectivity index (χ4n) is 8.18. The van der Waals surface area contributed by atoms with E-state index in [-0.39, 0.29) is 35.2 Å². The number of carbonyl (C=O) groups is 2. The number of carbonyl (C=O) groups excluding carboxylic acids is 2. The van der Waals surface area contributed by atoms with Crippen molar-refractivity contribution in [1.82, 2.24) is 0 Å². The summed E-state index contributed by atoms with van der Waals surface area (Å²) in [4.78, 5) is 25.2. The van der Waals surface area contributed by atoms with Gasteiger partial charge in [-0.05, 0) is 73.7 Å². The lowest BCUT2D eigenvalue weighted by Crippen LogP contribution is -2.65. The number of hydrogen-bond acceptors (Lipinski definition) is 5. The Morgan fingerprint density at radius 2 is 1.89 bits per heavy atom. The van der Waals surface area contributed by atoms with Crippen molar-refractivity contribution in [3.05, 3.63) is 11.6 Å². The summed E-state index contributed by atoms with van der Waals surface area (Å²) >= 11 is 0. The van der Waals surface area contributed by atoms with E-state index in [1.165, 1.54) is 0 Å².